The first-order chi connectivity index (χ1) is 6.73. The van der Waals surface area contributed by atoms with Gasteiger partial charge in [0.1, 0.15) is 0 Å². The zero-order valence-corrected chi connectivity index (χ0v) is 9.66. The minimum atomic E-state index is 0.434. The third-order valence-corrected chi connectivity index (χ3v) is 4.53. The van der Waals surface area contributed by atoms with E-state index < -0.39 is 0 Å². The molecule has 1 aliphatic heterocycles. The Hall–Kier alpha value is -0.630. The van der Waals surface area contributed by atoms with Crippen molar-refractivity contribution >= 4 is 17.4 Å². The normalized spacial score (nSPS) is 26.1. The predicted molar refractivity (Wildman–Crippen MR) is 64.1 cm³/mol. The van der Waals surface area contributed by atoms with Gasteiger partial charge >= 0.3 is 0 Å². The SMILES string of the molecule is CCC1(C)CNc2ccccc2SC1. The summed E-state index contributed by atoms with van der Waals surface area (Å²) < 4.78 is 0. The molecule has 0 aromatic heterocycles. The maximum atomic E-state index is 3.55. The molecule has 0 saturated carbocycles. The van der Waals surface area contributed by atoms with Gasteiger partial charge in [0.15, 0.2) is 0 Å². The highest BCUT2D eigenvalue weighted by molar-refractivity contribution is 7.99. The van der Waals surface area contributed by atoms with Crippen LogP contribution in [0.15, 0.2) is 29.2 Å². The van der Waals surface area contributed by atoms with Gasteiger partial charge in [0.05, 0.1) is 0 Å². The van der Waals surface area contributed by atoms with Crippen LogP contribution in [0.1, 0.15) is 20.3 Å². The van der Waals surface area contributed by atoms with E-state index in [9.17, 15) is 0 Å². The van der Waals surface area contributed by atoms with Crippen LogP contribution in [0.3, 0.4) is 0 Å². The first kappa shape index (κ1) is 9.91. The number of benzene rings is 1. The summed E-state index contributed by atoms with van der Waals surface area (Å²) in [5.74, 6) is 1.22. The first-order valence-corrected chi connectivity index (χ1v) is 6.18. The number of anilines is 1. The molecule has 1 nitrogen and oxygen atoms in total. The lowest BCUT2D eigenvalue weighted by Gasteiger charge is -2.25. The van der Waals surface area contributed by atoms with E-state index in [4.69, 9.17) is 0 Å². The van der Waals surface area contributed by atoms with Crippen LogP contribution in [0.5, 0.6) is 0 Å². The average Bonchev–Trinajstić information content (AvgIpc) is 2.40. The van der Waals surface area contributed by atoms with Gasteiger partial charge in [-0.3, -0.25) is 0 Å². The monoisotopic (exact) mass is 207 g/mol. The fraction of sp³-hybridized carbons (Fsp3) is 0.500. The van der Waals surface area contributed by atoms with Crippen LogP contribution < -0.4 is 5.32 Å². The third kappa shape index (κ3) is 1.90. The number of thioether (sulfide) groups is 1. The van der Waals surface area contributed by atoms with Crippen LogP contribution in [0.4, 0.5) is 5.69 Å². The number of hydrogen-bond acceptors (Lipinski definition) is 2. The first-order valence-electron chi connectivity index (χ1n) is 5.19. The predicted octanol–water partition coefficient (Wildman–Crippen LogP) is 3.62. The molecule has 1 aromatic rings. The molecule has 0 saturated heterocycles. The van der Waals surface area contributed by atoms with E-state index >= 15 is 0 Å². The Labute approximate surface area is 90.3 Å². The Bertz CT molecular complexity index is 295. The van der Waals surface area contributed by atoms with Gasteiger partial charge in [0.25, 0.3) is 0 Å². The standard InChI is InChI=1S/C12H17NS/c1-3-12(2)8-13-10-6-4-5-7-11(10)14-9-12/h4-7,13H,3,8-9H2,1-2H3. The lowest BCUT2D eigenvalue weighted by molar-refractivity contribution is 0.388. The van der Waals surface area contributed by atoms with E-state index in [1.54, 1.807) is 0 Å². The second-order valence-corrected chi connectivity index (χ2v) is 5.32. The fourth-order valence-electron chi connectivity index (χ4n) is 1.58. The van der Waals surface area contributed by atoms with Crippen LogP contribution in [-0.2, 0) is 0 Å². The molecule has 1 N–H and O–H groups in total. The minimum absolute atomic E-state index is 0.434. The molecule has 0 aliphatic carbocycles. The van der Waals surface area contributed by atoms with Gasteiger partial charge in [-0.25, -0.2) is 0 Å². The molecule has 0 radical (unpaired) electrons. The van der Waals surface area contributed by atoms with E-state index in [1.165, 1.54) is 22.8 Å². The van der Waals surface area contributed by atoms with E-state index in [1.807, 2.05) is 11.8 Å². The number of nitrogens with one attached hydrogen (secondary N) is 1. The fourth-order valence-corrected chi connectivity index (χ4v) is 2.86. The Kier molecular flexibility index (Phi) is 2.73. The average molecular weight is 207 g/mol. The van der Waals surface area contributed by atoms with Crippen molar-refractivity contribution in [3.8, 4) is 0 Å². The lowest BCUT2D eigenvalue weighted by atomic mass is 9.90. The van der Waals surface area contributed by atoms with Crippen LogP contribution in [0.25, 0.3) is 0 Å². The smallest absolute Gasteiger partial charge is 0.0478 e. The largest absolute Gasteiger partial charge is 0.384 e. The molecular formula is C12H17NS. The van der Waals surface area contributed by atoms with Gasteiger partial charge in [0.2, 0.25) is 0 Å². The second kappa shape index (κ2) is 3.85. The number of hydrogen-bond donors (Lipinski definition) is 1. The Morgan fingerprint density at radius 3 is 3.00 bits per heavy atom. The number of fused-ring (bicyclic) bond motifs is 1. The molecule has 1 heterocycles. The summed E-state index contributed by atoms with van der Waals surface area (Å²) in [4.78, 5) is 1.39. The highest BCUT2D eigenvalue weighted by Crippen LogP contribution is 2.37. The van der Waals surface area contributed by atoms with Crippen LogP contribution in [0.2, 0.25) is 0 Å². The van der Waals surface area contributed by atoms with Crippen molar-refractivity contribution in [1.29, 1.82) is 0 Å². The molecule has 1 aliphatic rings. The molecule has 0 bridgehead atoms. The van der Waals surface area contributed by atoms with Crippen molar-refractivity contribution in [1.82, 2.24) is 0 Å². The summed E-state index contributed by atoms with van der Waals surface area (Å²) in [6, 6.07) is 8.58. The minimum Gasteiger partial charge on any atom is -0.384 e. The molecule has 1 atom stereocenters. The van der Waals surface area contributed by atoms with Crippen LogP contribution >= 0.6 is 11.8 Å². The summed E-state index contributed by atoms with van der Waals surface area (Å²) in [6.07, 6.45) is 1.24. The van der Waals surface area contributed by atoms with Gasteiger partial charge in [-0.2, -0.15) is 0 Å². The topological polar surface area (TPSA) is 12.0 Å². The number of rotatable bonds is 1. The van der Waals surface area contributed by atoms with E-state index in [2.05, 4.69) is 43.4 Å². The van der Waals surface area contributed by atoms with Gasteiger partial charge in [0, 0.05) is 22.9 Å². The Morgan fingerprint density at radius 1 is 1.43 bits per heavy atom. The molecule has 0 amide bonds. The highest BCUT2D eigenvalue weighted by Gasteiger charge is 2.25. The van der Waals surface area contributed by atoms with Gasteiger partial charge in [-0.15, -0.1) is 11.8 Å². The zero-order chi connectivity index (χ0) is 10.0. The summed E-state index contributed by atoms with van der Waals surface area (Å²) >= 11 is 1.98. The third-order valence-electron chi connectivity index (χ3n) is 3.02. The van der Waals surface area contributed by atoms with E-state index in [0.717, 1.165) is 6.54 Å². The summed E-state index contributed by atoms with van der Waals surface area (Å²) in [7, 11) is 0. The Morgan fingerprint density at radius 2 is 2.21 bits per heavy atom. The quantitative estimate of drug-likeness (QED) is 0.755. The molecule has 1 unspecified atom stereocenters. The van der Waals surface area contributed by atoms with Crippen LogP contribution in [0, 0.1) is 5.41 Å². The molecule has 1 aromatic carbocycles. The second-order valence-electron chi connectivity index (χ2n) is 4.30. The lowest BCUT2D eigenvalue weighted by Crippen LogP contribution is -2.26. The van der Waals surface area contributed by atoms with E-state index in [-0.39, 0.29) is 0 Å². The van der Waals surface area contributed by atoms with Crippen molar-refractivity contribution in [3.05, 3.63) is 24.3 Å². The summed E-state index contributed by atoms with van der Waals surface area (Å²) in [5, 5.41) is 3.55. The maximum absolute atomic E-state index is 3.55. The van der Waals surface area contributed by atoms with Crippen molar-refractivity contribution < 1.29 is 0 Å². The van der Waals surface area contributed by atoms with Crippen molar-refractivity contribution in [2.45, 2.75) is 25.2 Å². The maximum Gasteiger partial charge on any atom is 0.0478 e. The van der Waals surface area contributed by atoms with Crippen molar-refractivity contribution in [3.63, 3.8) is 0 Å². The molecule has 0 spiro atoms. The molecular weight excluding hydrogens is 190 g/mol. The van der Waals surface area contributed by atoms with Gasteiger partial charge in [-0.1, -0.05) is 26.0 Å². The molecule has 2 rings (SSSR count). The summed E-state index contributed by atoms with van der Waals surface area (Å²) in [6.45, 7) is 5.73. The number of para-hydroxylation sites is 1. The van der Waals surface area contributed by atoms with Crippen LogP contribution in [-0.4, -0.2) is 12.3 Å². The van der Waals surface area contributed by atoms with Gasteiger partial charge in [-0.05, 0) is 24.0 Å². The van der Waals surface area contributed by atoms with Crippen molar-refractivity contribution in [2.75, 3.05) is 17.6 Å². The van der Waals surface area contributed by atoms with Gasteiger partial charge < -0.3 is 5.32 Å². The Balaban J connectivity index is 2.22. The molecule has 76 valence electrons. The molecule has 2 heteroatoms. The molecule has 0 fully saturated rings. The molecule has 14 heavy (non-hydrogen) atoms. The zero-order valence-electron chi connectivity index (χ0n) is 8.84. The van der Waals surface area contributed by atoms with E-state index in [0.29, 0.717) is 5.41 Å². The highest BCUT2D eigenvalue weighted by atomic mass is 32.2. The summed E-state index contributed by atoms with van der Waals surface area (Å²) in [5.41, 5.74) is 1.73. The van der Waals surface area contributed by atoms with Crippen molar-refractivity contribution in [2.24, 2.45) is 5.41 Å².